The molecular formula is C13H15FN2O3S2. The molecule has 0 aliphatic rings. The molecule has 1 heterocycles. The molecule has 0 unspecified atom stereocenters. The van der Waals surface area contributed by atoms with Gasteiger partial charge in [-0.25, -0.2) is 12.8 Å². The third-order valence-electron chi connectivity index (χ3n) is 2.70. The lowest BCUT2D eigenvalue weighted by Crippen LogP contribution is -2.11. The molecule has 114 valence electrons. The average molecular weight is 330 g/mol. The van der Waals surface area contributed by atoms with Crippen LogP contribution in [0.1, 0.15) is 4.88 Å². The van der Waals surface area contributed by atoms with E-state index in [4.69, 9.17) is 10.5 Å². The summed E-state index contributed by atoms with van der Waals surface area (Å²) in [5, 5.41) is 0. The summed E-state index contributed by atoms with van der Waals surface area (Å²) in [6.45, 7) is 0.455. The standard InChI is InChI=1S/C13H15FN2O3S2/c1-19-12-4-2-9(8-11(12)14)16-21(17,18)13-5-3-10(20-13)6-7-15/h2-5,8,16H,6-7,15H2,1H3. The Bertz CT molecular complexity index is 729. The fraction of sp³-hybridized carbons (Fsp3) is 0.231. The molecule has 1 aromatic heterocycles. The Morgan fingerprint density at radius 3 is 2.71 bits per heavy atom. The second-order valence-corrected chi connectivity index (χ2v) is 7.29. The number of anilines is 1. The molecule has 0 amide bonds. The normalized spacial score (nSPS) is 11.4. The van der Waals surface area contributed by atoms with E-state index in [0.29, 0.717) is 13.0 Å². The highest BCUT2D eigenvalue weighted by atomic mass is 32.2. The van der Waals surface area contributed by atoms with Gasteiger partial charge in [0, 0.05) is 10.9 Å². The molecule has 0 bridgehead atoms. The molecule has 0 fully saturated rings. The first-order valence-corrected chi connectivity index (χ1v) is 8.41. The van der Waals surface area contributed by atoms with Crippen LogP contribution in [0.4, 0.5) is 10.1 Å². The maximum atomic E-state index is 13.6. The highest BCUT2D eigenvalue weighted by Crippen LogP contribution is 2.26. The van der Waals surface area contributed by atoms with Crippen molar-refractivity contribution < 1.29 is 17.5 Å². The quantitative estimate of drug-likeness (QED) is 0.851. The lowest BCUT2D eigenvalue weighted by molar-refractivity contribution is 0.386. The second kappa shape index (κ2) is 6.42. The van der Waals surface area contributed by atoms with Crippen LogP contribution in [0.3, 0.4) is 0 Å². The van der Waals surface area contributed by atoms with E-state index >= 15 is 0 Å². The fourth-order valence-corrected chi connectivity index (χ4v) is 4.14. The monoisotopic (exact) mass is 330 g/mol. The molecule has 5 nitrogen and oxygen atoms in total. The SMILES string of the molecule is COc1ccc(NS(=O)(=O)c2ccc(CCN)s2)cc1F. The summed E-state index contributed by atoms with van der Waals surface area (Å²) in [5.41, 5.74) is 5.58. The van der Waals surface area contributed by atoms with Crippen LogP contribution >= 0.6 is 11.3 Å². The van der Waals surface area contributed by atoms with E-state index in [1.165, 1.54) is 25.3 Å². The number of rotatable bonds is 6. The van der Waals surface area contributed by atoms with Gasteiger partial charge in [0.05, 0.1) is 12.8 Å². The Kier molecular flexibility index (Phi) is 4.81. The van der Waals surface area contributed by atoms with Crippen molar-refractivity contribution in [2.45, 2.75) is 10.6 Å². The Hall–Kier alpha value is -1.64. The number of sulfonamides is 1. The van der Waals surface area contributed by atoms with Gasteiger partial charge in [0.2, 0.25) is 0 Å². The van der Waals surface area contributed by atoms with E-state index in [-0.39, 0.29) is 15.6 Å². The van der Waals surface area contributed by atoms with Crippen molar-refractivity contribution in [3.05, 3.63) is 41.0 Å². The number of halogens is 1. The van der Waals surface area contributed by atoms with Gasteiger partial charge in [-0.1, -0.05) is 0 Å². The third-order valence-corrected chi connectivity index (χ3v) is 5.71. The van der Waals surface area contributed by atoms with E-state index in [9.17, 15) is 12.8 Å². The van der Waals surface area contributed by atoms with Gasteiger partial charge >= 0.3 is 0 Å². The minimum atomic E-state index is -3.73. The van der Waals surface area contributed by atoms with Crippen LogP contribution in [0.2, 0.25) is 0 Å². The lowest BCUT2D eigenvalue weighted by atomic mass is 10.3. The first kappa shape index (κ1) is 15.7. The van der Waals surface area contributed by atoms with Crippen molar-refractivity contribution in [3.63, 3.8) is 0 Å². The Balaban J connectivity index is 2.22. The van der Waals surface area contributed by atoms with E-state index in [2.05, 4.69) is 4.72 Å². The summed E-state index contributed by atoms with van der Waals surface area (Å²) >= 11 is 1.15. The van der Waals surface area contributed by atoms with Crippen LogP contribution in [-0.2, 0) is 16.4 Å². The molecule has 0 spiro atoms. The molecule has 0 radical (unpaired) electrons. The van der Waals surface area contributed by atoms with Gasteiger partial charge in [-0.3, -0.25) is 4.72 Å². The van der Waals surface area contributed by atoms with Crippen LogP contribution in [0.5, 0.6) is 5.75 Å². The molecule has 21 heavy (non-hydrogen) atoms. The highest BCUT2D eigenvalue weighted by molar-refractivity contribution is 7.94. The summed E-state index contributed by atoms with van der Waals surface area (Å²) in [4.78, 5) is 0.888. The summed E-state index contributed by atoms with van der Waals surface area (Å²) in [6.07, 6.45) is 0.622. The third kappa shape index (κ3) is 3.72. The molecule has 1 aromatic carbocycles. The van der Waals surface area contributed by atoms with E-state index in [1.807, 2.05) is 0 Å². The van der Waals surface area contributed by atoms with Gasteiger partial charge < -0.3 is 10.5 Å². The van der Waals surface area contributed by atoms with Crippen LogP contribution in [0.25, 0.3) is 0 Å². The zero-order valence-corrected chi connectivity index (χ0v) is 12.9. The maximum absolute atomic E-state index is 13.6. The van der Waals surface area contributed by atoms with Gasteiger partial charge in [-0.2, -0.15) is 0 Å². The molecule has 0 aliphatic carbocycles. The zero-order chi connectivity index (χ0) is 15.5. The van der Waals surface area contributed by atoms with E-state index < -0.39 is 15.8 Å². The first-order chi connectivity index (χ1) is 9.96. The predicted octanol–water partition coefficient (Wildman–Crippen LogP) is 2.20. The summed E-state index contributed by atoms with van der Waals surface area (Å²) in [7, 11) is -2.39. The summed E-state index contributed by atoms with van der Waals surface area (Å²) in [6, 6.07) is 7.11. The van der Waals surface area contributed by atoms with Crippen molar-refractivity contribution in [2.24, 2.45) is 5.73 Å². The zero-order valence-electron chi connectivity index (χ0n) is 11.3. The molecule has 0 atom stereocenters. The molecule has 3 N–H and O–H groups in total. The van der Waals surface area contributed by atoms with Crippen LogP contribution in [0, 0.1) is 5.82 Å². The minimum absolute atomic E-state index is 0.0549. The van der Waals surface area contributed by atoms with Gasteiger partial charge in [-0.15, -0.1) is 11.3 Å². The van der Waals surface area contributed by atoms with Crippen LogP contribution < -0.4 is 15.2 Å². The fourth-order valence-electron chi connectivity index (χ4n) is 1.71. The topological polar surface area (TPSA) is 81.4 Å². The first-order valence-electron chi connectivity index (χ1n) is 6.11. The molecule has 2 rings (SSSR count). The number of nitrogens with two attached hydrogens (primary N) is 1. The van der Waals surface area contributed by atoms with E-state index in [1.54, 1.807) is 6.07 Å². The molecule has 8 heteroatoms. The number of hydrogen-bond acceptors (Lipinski definition) is 5. The Labute approximate surface area is 126 Å². The Morgan fingerprint density at radius 2 is 2.10 bits per heavy atom. The van der Waals surface area contributed by atoms with Crippen molar-refractivity contribution in [3.8, 4) is 5.75 Å². The number of methoxy groups -OCH3 is 1. The Morgan fingerprint density at radius 1 is 1.33 bits per heavy atom. The number of benzene rings is 1. The predicted molar refractivity (Wildman–Crippen MR) is 80.8 cm³/mol. The van der Waals surface area contributed by atoms with Crippen LogP contribution in [0.15, 0.2) is 34.5 Å². The highest BCUT2D eigenvalue weighted by Gasteiger charge is 2.17. The van der Waals surface area contributed by atoms with Gasteiger partial charge in [0.15, 0.2) is 11.6 Å². The molecule has 0 aliphatic heterocycles. The van der Waals surface area contributed by atoms with Crippen molar-refractivity contribution in [1.29, 1.82) is 0 Å². The number of hydrogen-bond donors (Lipinski definition) is 2. The van der Waals surface area contributed by atoms with Gasteiger partial charge in [-0.05, 0) is 37.2 Å². The van der Waals surface area contributed by atoms with Crippen molar-refractivity contribution >= 4 is 27.0 Å². The number of nitrogens with one attached hydrogen (secondary N) is 1. The molecular weight excluding hydrogens is 315 g/mol. The summed E-state index contributed by atoms with van der Waals surface area (Å²) in [5.74, 6) is -0.577. The largest absolute Gasteiger partial charge is 0.494 e. The van der Waals surface area contributed by atoms with Crippen molar-refractivity contribution in [2.75, 3.05) is 18.4 Å². The molecule has 2 aromatic rings. The van der Waals surface area contributed by atoms with Crippen LogP contribution in [-0.4, -0.2) is 22.1 Å². The van der Waals surface area contributed by atoms with Crippen molar-refractivity contribution in [1.82, 2.24) is 0 Å². The smallest absolute Gasteiger partial charge is 0.271 e. The molecule has 0 saturated heterocycles. The summed E-state index contributed by atoms with van der Waals surface area (Å²) < 4.78 is 45.2. The lowest BCUT2D eigenvalue weighted by Gasteiger charge is -2.08. The maximum Gasteiger partial charge on any atom is 0.271 e. The number of thiophene rings is 1. The van der Waals surface area contributed by atoms with Gasteiger partial charge in [0.1, 0.15) is 4.21 Å². The van der Waals surface area contributed by atoms with E-state index in [0.717, 1.165) is 22.3 Å². The second-order valence-electron chi connectivity index (χ2n) is 4.21. The average Bonchev–Trinajstić information content (AvgIpc) is 2.88. The minimum Gasteiger partial charge on any atom is -0.494 e. The number of ether oxygens (including phenoxy) is 1. The van der Waals surface area contributed by atoms with Gasteiger partial charge in [0.25, 0.3) is 10.0 Å². The molecule has 0 saturated carbocycles.